The molecule has 0 heterocycles. The topological polar surface area (TPSA) is 41.6 Å². The molecule has 0 spiro atoms. The van der Waals surface area contributed by atoms with Gasteiger partial charge in [0.1, 0.15) is 5.75 Å². The van der Waals surface area contributed by atoms with Crippen LogP contribution in [0.4, 0.5) is 5.69 Å². The monoisotopic (exact) mass is 278 g/mol. The van der Waals surface area contributed by atoms with E-state index in [4.69, 9.17) is 4.74 Å². The Kier molecular flexibility index (Phi) is 7.09. The summed E-state index contributed by atoms with van der Waals surface area (Å²) >= 11 is 0. The van der Waals surface area contributed by atoms with Crippen molar-refractivity contribution in [1.29, 1.82) is 0 Å². The van der Waals surface area contributed by atoms with E-state index in [-0.39, 0.29) is 5.91 Å². The minimum absolute atomic E-state index is 0.0143. The Morgan fingerprint density at radius 1 is 1.30 bits per heavy atom. The van der Waals surface area contributed by atoms with Crippen molar-refractivity contribution in [2.45, 2.75) is 27.2 Å². The number of anilines is 1. The Morgan fingerprint density at radius 3 is 2.50 bits per heavy atom. The summed E-state index contributed by atoms with van der Waals surface area (Å²) in [4.78, 5) is 13.9. The van der Waals surface area contributed by atoms with Crippen molar-refractivity contribution in [3.8, 4) is 5.75 Å². The lowest BCUT2D eigenvalue weighted by atomic mass is 10.1. The highest BCUT2D eigenvalue weighted by atomic mass is 16.5. The first kappa shape index (κ1) is 16.5. The highest BCUT2D eigenvalue weighted by Gasteiger charge is 2.07. The molecule has 0 aliphatic heterocycles. The summed E-state index contributed by atoms with van der Waals surface area (Å²) in [6, 6.07) is 7.44. The molecule has 0 saturated carbocycles. The lowest BCUT2D eigenvalue weighted by Gasteiger charge is -2.17. The Balaban J connectivity index is 2.37. The number of nitrogens with zero attached hydrogens (tertiary/aromatic N) is 1. The molecule has 0 aromatic heterocycles. The summed E-state index contributed by atoms with van der Waals surface area (Å²) < 4.78 is 5.36. The smallest absolute Gasteiger partial charge is 0.238 e. The molecule has 0 aliphatic carbocycles. The van der Waals surface area contributed by atoms with Crippen LogP contribution >= 0.6 is 0 Å². The van der Waals surface area contributed by atoms with Crippen LogP contribution in [0.5, 0.6) is 5.75 Å². The minimum Gasteiger partial charge on any atom is -0.494 e. The number of benzene rings is 1. The van der Waals surface area contributed by atoms with E-state index in [1.54, 1.807) is 0 Å². The maximum atomic E-state index is 11.9. The molecule has 1 N–H and O–H groups in total. The second kappa shape index (κ2) is 8.59. The molecule has 0 atom stereocenters. The Bertz CT molecular complexity index is 401. The normalized spacial score (nSPS) is 10.9. The molecule has 1 aromatic carbocycles. The molecule has 0 radical (unpaired) electrons. The molecule has 0 bridgehead atoms. The van der Waals surface area contributed by atoms with Crippen LogP contribution in [0.3, 0.4) is 0 Å². The van der Waals surface area contributed by atoms with Gasteiger partial charge in [-0.15, -0.1) is 0 Å². The molecule has 0 unspecified atom stereocenters. The van der Waals surface area contributed by atoms with Gasteiger partial charge in [-0.1, -0.05) is 13.8 Å². The summed E-state index contributed by atoms with van der Waals surface area (Å²) in [5.41, 5.74) is 0.802. The predicted octanol–water partition coefficient (Wildman–Crippen LogP) is 3.00. The van der Waals surface area contributed by atoms with Crippen LogP contribution < -0.4 is 10.1 Å². The van der Waals surface area contributed by atoms with Crippen LogP contribution in [0.25, 0.3) is 0 Å². The quantitative estimate of drug-likeness (QED) is 0.795. The van der Waals surface area contributed by atoms with Gasteiger partial charge in [0.05, 0.1) is 13.2 Å². The molecule has 4 heteroatoms. The molecule has 1 amide bonds. The van der Waals surface area contributed by atoms with Gasteiger partial charge in [-0.3, -0.25) is 9.69 Å². The number of carbonyl (C=O) groups is 1. The summed E-state index contributed by atoms with van der Waals surface area (Å²) in [6.07, 6.45) is 1.10. The number of hydrogen-bond donors (Lipinski definition) is 1. The molecular formula is C16H26N2O2. The number of rotatable bonds is 8. The van der Waals surface area contributed by atoms with Crippen LogP contribution in [0.2, 0.25) is 0 Å². The molecule has 0 fully saturated rings. The lowest BCUT2D eigenvalue weighted by Crippen LogP contribution is -2.31. The van der Waals surface area contributed by atoms with Crippen LogP contribution in [0.1, 0.15) is 27.2 Å². The molecule has 1 aromatic rings. The van der Waals surface area contributed by atoms with Gasteiger partial charge in [0.2, 0.25) is 5.91 Å². The van der Waals surface area contributed by atoms with Gasteiger partial charge in [0.15, 0.2) is 0 Å². The van der Waals surface area contributed by atoms with Crippen molar-refractivity contribution in [3.63, 3.8) is 0 Å². The van der Waals surface area contributed by atoms with E-state index in [1.807, 2.05) is 43.1 Å². The highest BCUT2D eigenvalue weighted by molar-refractivity contribution is 5.92. The first-order chi connectivity index (χ1) is 9.51. The Labute approximate surface area is 122 Å². The van der Waals surface area contributed by atoms with Gasteiger partial charge in [-0.05, 0) is 57.1 Å². The molecule has 0 saturated heterocycles. The first-order valence-electron chi connectivity index (χ1n) is 7.22. The van der Waals surface area contributed by atoms with Crippen molar-refractivity contribution in [2.24, 2.45) is 5.92 Å². The standard InChI is InChI=1S/C16H26N2O2/c1-5-20-15-8-6-14(7-9-15)17-16(19)12-18(4)11-10-13(2)3/h6-9,13H,5,10-12H2,1-4H3,(H,17,19). The van der Waals surface area contributed by atoms with E-state index in [9.17, 15) is 4.79 Å². The van der Waals surface area contributed by atoms with Gasteiger partial charge < -0.3 is 10.1 Å². The number of amides is 1. The third-order valence-corrected chi connectivity index (χ3v) is 2.95. The van der Waals surface area contributed by atoms with Crippen LogP contribution in [-0.2, 0) is 4.79 Å². The second-order valence-corrected chi connectivity index (χ2v) is 5.43. The van der Waals surface area contributed by atoms with Gasteiger partial charge >= 0.3 is 0 Å². The molecule has 4 nitrogen and oxygen atoms in total. The Morgan fingerprint density at radius 2 is 1.95 bits per heavy atom. The van der Waals surface area contributed by atoms with E-state index >= 15 is 0 Å². The van der Waals surface area contributed by atoms with Crippen molar-refractivity contribution in [1.82, 2.24) is 4.90 Å². The van der Waals surface area contributed by atoms with Gasteiger partial charge in [0, 0.05) is 5.69 Å². The fourth-order valence-corrected chi connectivity index (χ4v) is 1.80. The molecular weight excluding hydrogens is 252 g/mol. The number of nitrogens with one attached hydrogen (secondary N) is 1. The summed E-state index contributed by atoms with van der Waals surface area (Å²) in [5, 5.41) is 2.89. The number of ether oxygens (including phenoxy) is 1. The second-order valence-electron chi connectivity index (χ2n) is 5.43. The summed E-state index contributed by atoms with van der Waals surface area (Å²) in [5.74, 6) is 1.49. The molecule has 1 rings (SSSR count). The van der Waals surface area contributed by atoms with E-state index in [1.165, 1.54) is 0 Å². The van der Waals surface area contributed by atoms with E-state index < -0.39 is 0 Å². The van der Waals surface area contributed by atoms with E-state index in [0.29, 0.717) is 19.1 Å². The SMILES string of the molecule is CCOc1ccc(NC(=O)CN(C)CCC(C)C)cc1. The highest BCUT2D eigenvalue weighted by Crippen LogP contribution is 2.15. The molecule has 112 valence electrons. The lowest BCUT2D eigenvalue weighted by molar-refractivity contribution is -0.117. The first-order valence-corrected chi connectivity index (χ1v) is 7.22. The minimum atomic E-state index is 0.0143. The van der Waals surface area contributed by atoms with Crippen LogP contribution in [-0.4, -0.2) is 37.6 Å². The van der Waals surface area contributed by atoms with Crippen molar-refractivity contribution in [2.75, 3.05) is 32.1 Å². The predicted molar refractivity (Wildman–Crippen MR) is 83.2 cm³/mol. The summed E-state index contributed by atoms with van der Waals surface area (Å²) in [7, 11) is 1.97. The van der Waals surface area contributed by atoms with Crippen molar-refractivity contribution in [3.05, 3.63) is 24.3 Å². The fourth-order valence-electron chi connectivity index (χ4n) is 1.80. The fraction of sp³-hybridized carbons (Fsp3) is 0.562. The average molecular weight is 278 g/mol. The van der Waals surface area contributed by atoms with E-state index in [0.717, 1.165) is 24.4 Å². The van der Waals surface area contributed by atoms with Crippen LogP contribution in [0.15, 0.2) is 24.3 Å². The zero-order valence-electron chi connectivity index (χ0n) is 13.0. The molecule has 0 aliphatic rings. The average Bonchev–Trinajstić information content (AvgIpc) is 2.39. The van der Waals surface area contributed by atoms with Crippen molar-refractivity contribution < 1.29 is 9.53 Å². The van der Waals surface area contributed by atoms with E-state index in [2.05, 4.69) is 19.2 Å². The summed E-state index contributed by atoms with van der Waals surface area (Å²) in [6.45, 7) is 8.32. The maximum absolute atomic E-state index is 11.9. The number of carbonyl (C=O) groups excluding carboxylic acids is 1. The molecule has 20 heavy (non-hydrogen) atoms. The number of hydrogen-bond acceptors (Lipinski definition) is 3. The maximum Gasteiger partial charge on any atom is 0.238 e. The van der Waals surface area contributed by atoms with Crippen molar-refractivity contribution >= 4 is 11.6 Å². The Hall–Kier alpha value is -1.55. The third-order valence-electron chi connectivity index (χ3n) is 2.95. The third kappa shape index (κ3) is 6.57. The van der Waals surface area contributed by atoms with Gasteiger partial charge in [0.25, 0.3) is 0 Å². The van der Waals surface area contributed by atoms with Gasteiger partial charge in [-0.25, -0.2) is 0 Å². The zero-order valence-corrected chi connectivity index (χ0v) is 13.0. The van der Waals surface area contributed by atoms with Gasteiger partial charge in [-0.2, -0.15) is 0 Å². The largest absolute Gasteiger partial charge is 0.494 e. The number of likely N-dealkylation sites (N-methyl/N-ethyl adjacent to an activating group) is 1. The van der Waals surface area contributed by atoms with Crippen LogP contribution in [0, 0.1) is 5.92 Å². The zero-order chi connectivity index (χ0) is 15.0.